The summed E-state index contributed by atoms with van der Waals surface area (Å²) in [5.41, 5.74) is 0.691. The first-order valence-corrected chi connectivity index (χ1v) is 5.43. The minimum Gasteiger partial charge on any atom is -0.507 e. The van der Waals surface area contributed by atoms with Crippen molar-refractivity contribution in [2.24, 2.45) is 0 Å². The number of morpholine rings is 1. The second kappa shape index (κ2) is 5.55. The number of aromatic hydroxyl groups is 1. The SMILES string of the molecule is Oc1ccccc1C#CCN1CCOCC1. The predicted molar refractivity (Wildman–Crippen MR) is 62.2 cm³/mol. The van der Waals surface area contributed by atoms with E-state index in [1.807, 2.05) is 12.1 Å². The molecule has 1 saturated heterocycles. The Hall–Kier alpha value is -1.50. The molecule has 1 fully saturated rings. The summed E-state index contributed by atoms with van der Waals surface area (Å²) in [6.45, 7) is 4.19. The molecule has 84 valence electrons. The summed E-state index contributed by atoms with van der Waals surface area (Å²) in [4.78, 5) is 2.25. The number of nitrogens with zero attached hydrogens (tertiary/aromatic N) is 1. The molecule has 0 amide bonds. The molecule has 0 radical (unpaired) electrons. The van der Waals surface area contributed by atoms with Gasteiger partial charge >= 0.3 is 0 Å². The Morgan fingerprint density at radius 3 is 2.75 bits per heavy atom. The molecule has 0 atom stereocenters. The van der Waals surface area contributed by atoms with E-state index >= 15 is 0 Å². The van der Waals surface area contributed by atoms with Gasteiger partial charge in [0.15, 0.2) is 0 Å². The number of phenolic OH excluding ortho intramolecular Hbond substituents is 1. The normalized spacial score (nSPS) is 16.5. The molecular formula is C13H15NO2. The van der Waals surface area contributed by atoms with Crippen LogP contribution in [0.25, 0.3) is 0 Å². The highest BCUT2D eigenvalue weighted by Gasteiger charge is 2.07. The van der Waals surface area contributed by atoms with Gasteiger partial charge in [0.2, 0.25) is 0 Å². The zero-order chi connectivity index (χ0) is 11.2. The van der Waals surface area contributed by atoms with Crippen LogP contribution in [0.1, 0.15) is 5.56 Å². The van der Waals surface area contributed by atoms with Gasteiger partial charge in [-0.05, 0) is 12.1 Å². The Morgan fingerprint density at radius 2 is 2.00 bits per heavy atom. The van der Waals surface area contributed by atoms with E-state index in [4.69, 9.17) is 4.74 Å². The van der Waals surface area contributed by atoms with Crippen LogP contribution in [0.4, 0.5) is 0 Å². The summed E-state index contributed by atoms with van der Waals surface area (Å²) in [6.07, 6.45) is 0. The molecule has 1 N–H and O–H groups in total. The van der Waals surface area contributed by atoms with Gasteiger partial charge in [-0.25, -0.2) is 0 Å². The second-order valence-corrected chi connectivity index (χ2v) is 3.71. The van der Waals surface area contributed by atoms with Crippen LogP contribution in [0.2, 0.25) is 0 Å². The van der Waals surface area contributed by atoms with E-state index in [0.717, 1.165) is 32.8 Å². The summed E-state index contributed by atoms with van der Waals surface area (Å²) >= 11 is 0. The fourth-order valence-corrected chi connectivity index (χ4v) is 1.59. The van der Waals surface area contributed by atoms with Gasteiger partial charge in [0.1, 0.15) is 5.75 Å². The third-order valence-corrected chi connectivity index (χ3v) is 2.53. The van der Waals surface area contributed by atoms with Gasteiger partial charge in [-0.1, -0.05) is 24.0 Å². The Labute approximate surface area is 95.6 Å². The van der Waals surface area contributed by atoms with Gasteiger partial charge in [0.05, 0.1) is 25.3 Å². The van der Waals surface area contributed by atoms with Crippen LogP contribution in [0.15, 0.2) is 24.3 Å². The largest absolute Gasteiger partial charge is 0.507 e. The van der Waals surface area contributed by atoms with Crippen molar-refractivity contribution < 1.29 is 9.84 Å². The third kappa shape index (κ3) is 2.99. The van der Waals surface area contributed by atoms with Crippen molar-refractivity contribution in [3.8, 4) is 17.6 Å². The number of rotatable bonds is 1. The maximum Gasteiger partial charge on any atom is 0.131 e. The van der Waals surface area contributed by atoms with E-state index in [-0.39, 0.29) is 5.75 Å². The van der Waals surface area contributed by atoms with Crippen molar-refractivity contribution in [3.63, 3.8) is 0 Å². The Morgan fingerprint density at radius 1 is 1.25 bits per heavy atom. The van der Waals surface area contributed by atoms with Crippen molar-refractivity contribution in [2.45, 2.75) is 0 Å². The van der Waals surface area contributed by atoms with E-state index in [2.05, 4.69) is 16.7 Å². The highest BCUT2D eigenvalue weighted by atomic mass is 16.5. The summed E-state index contributed by atoms with van der Waals surface area (Å²) in [5.74, 6) is 6.30. The van der Waals surface area contributed by atoms with E-state index in [1.54, 1.807) is 12.1 Å². The van der Waals surface area contributed by atoms with Gasteiger partial charge < -0.3 is 9.84 Å². The van der Waals surface area contributed by atoms with Gasteiger partial charge in [-0.2, -0.15) is 0 Å². The molecule has 16 heavy (non-hydrogen) atoms. The van der Waals surface area contributed by atoms with Gasteiger partial charge in [0, 0.05) is 13.1 Å². The molecule has 0 unspecified atom stereocenters. The van der Waals surface area contributed by atoms with E-state index in [9.17, 15) is 5.11 Å². The average Bonchev–Trinajstić information content (AvgIpc) is 2.33. The van der Waals surface area contributed by atoms with Crippen LogP contribution in [-0.4, -0.2) is 42.9 Å². The molecule has 0 aliphatic carbocycles. The first kappa shape index (κ1) is 11.0. The lowest BCUT2D eigenvalue weighted by atomic mass is 10.2. The molecule has 0 bridgehead atoms. The van der Waals surface area contributed by atoms with Crippen LogP contribution in [0.5, 0.6) is 5.75 Å². The van der Waals surface area contributed by atoms with Crippen molar-refractivity contribution in [1.82, 2.24) is 4.90 Å². The Bertz CT molecular complexity index is 400. The molecule has 0 aromatic heterocycles. The highest BCUT2D eigenvalue weighted by Crippen LogP contribution is 2.13. The van der Waals surface area contributed by atoms with Gasteiger partial charge in [-0.15, -0.1) is 0 Å². The predicted octanol–water partition coefficient (Wildman–Crippen LogP) is 1.08. The molecule has 2 rings (SSSR count). The van der Waals surface area contributed by atoms with Gasteiger partial charge in [0.25, 0.3) is 0 Å². The van der Waals surface area contributed by atoms with E-state index < -0.39 is 0 Å². The summed E-state index contributed by atoms with van der Waals surface area (Å²) in [7, 11) is 0. The number of benzene rings is 1. The smallest absolute Gasteiger partial charge is 0.131 e. The van der Waals surface area contributed by atoms with E-state index in [1.165, 1.54) is 0 Å². The molecule has 1 aliphatic rings. The lowest BCUT2D eigenvalue weighted by molar-refractivity contribution is 0.0443. The van der Waals surface area contributed by atoms with Crippen molar-refractivity contribution >= 4 is 0 Å². The van der Waals surface area contributed by atoms with Crippen molar-refractivity contribution in [3.05, 3.63) is 29.8 Å². The van der Waals surface area contributed by atoms with Gasteiger partial charge in [-0.3, -0.25) is 4.90 Å². The lowest BCUT2D eigenvalue weighted by Crippen LogP contribution is -2.36. The molecule has 0 saturated carbocycles. The summed E-state index contributed by atoms with van der Waals surface area (Å²) < 4.78 is 5.25. The molecule has 1 aliphatic heterocycles. The number of hydrogen-bond acceptors (Lipinski definition) is 3. The summed E-state index contributed by atoms with van der Waals surface area (Å²) in [5, 5.41) is 9.51. The minimum absolute atomic E-state index is 0.247. The quantitative estimate of drug-likeness (QED) is 0.714. The monoisotopic (exact) mass is 217 g/mol. The van der Waals surface area contributed by atoms with Crippen LogP contribution >= 0.6 is 0 Å². The molecule has 1 heterocycles. The number of hydrogen-bond donors (Lipinski definition) is 1. The fourth-order valence-electron chi connectivity index (χ4n) is 1.59. The minimum atomic E-state index is 0.247. The topological polar surface area (TPSA) is 32.7 Å². The van der Waals surface area contributed by atoms with Crippen LogP contribution in [0.3, 0.4) is 0 Å². The number of para-hydroxylation sites is 1. The van der Waals surface area contributed by atoms with E-state index in [0.29, 0.717) is 5.56 Å². The second-order valence-electron chi connectivity index (χ2n) is 3.71. The third-order valence-electron chi connectivity index (χ3n) is 2.53. The zero-order valence-electron chi connectivity index (χ0n) is 9.15. The number of phenols is 1. The molecular weight excluding hydrogens is 202 g/mol. The lowest BCUT2D eigenvalue weighted by Gasteiger charge is -2.24. The highest BCUT2D eigenvalue weighted by molar-refractivity contribution is 5.44. The Balaban J connectivity index is 1.92. The number of ether oxygens (including phenoxy) is 1. The van der Waals surface area contributed by atoms with Crippen molar-refractivity contribution in [1.29, 1.82) is 0 Å². The maximum atomic E-state index is 9.51. The van der Waals surface area contributed by atoms with Crippen LogP contribution in [0, 0.1) is 11.8 Å². The molecule has 1 aromatic rings. The maximum absolute atomic E-state index is 9.51. The average molecular weight is 217 g/mol. The Kier molecular flexibility index (Phi) is 3.81. The molecule has 3 nitrogen and oxygen atoms in total. The molecule has 0 spiro atoms. The van der Waals surface area contributed by atoms with Crippen molar-refractivity contribution in [2.75, 3.05) is 32.8 Å². The molecule has 1 aromatic carbocycles. The molecule has 3 heteroatoms. The first-order chi connectivity index (χ1) is 7.86. The summed E-state index contributed by atoms with van der Waals surface area (Å²) in [6, 6.07) is 7.14. The van der Waals surface area contributed by atoms with Crippen LogP contribution < -0.4 is 0 Å². The fraction of sp³-hybridized carbons (Fsp3) is 0.385. The zero-order valence-corrected chi connectivity index (χ0v) is 9.15. The first-order valence-electron chi connectivity index (χ1n) is 5.43. The van der Waals surface area contributed by atoms with Crippen LogP contribution in [-0.2, 0) is 4.74 Å². The standard InChI is InChI=1S/C13H15NO2/c15-13-6-2-1-4-12(13)5-3-7-14-8-10-16-11-9-14/h1-2,4,6,15H,7-11H2.